The first kappa shape index (κ1) is 13.8. The highest BCUT2D eigenvalue weighted by molar-refractivity contribution is 5.96. The van der Waals surface area contributed by atoms with Gasteiger partial charge in [-0.25, -0.2) is 0 Å². The van der Waals surface area contributed by atoms with E-state index < -0.39 is 0 Å². The lowest BCUT2D eigenvalue weighted by molar-refractivity contribution is -0.178. The first-order chi connectivity index (χ1) is 9.19. The highest BCUT2D eigenvalue weighted by Gasteiger charge is 2.70. The third kappa shape index (κ3) is 1.52. The highest BCUT2D eigenvalue weighted by Crippen LogP contribution is 2.71. The molecule has 0 aromatic rings. The Balaban J connectivity index is 2.03. The van der Waals surface area contributed by atoms with Crippen molar-refractivity contribution in [2.24, 2.45) is 28.6 Å². The SMILES string of the molecule is CC(=O)O[C@H]1CC[C@@]2(C)[C@@H]3C(=O)C=C(C)[C@H]2C3C1(C)C. The molecule has 20 heavy (non-hydrogen) atoms. The zero-order valence-corrected chi connectivity index (χ0v) is 13.0. The second kappa shape index (κ2) is 3.96. The van der Waals surface area contributed by atoms with Gasteiger partial charge in [-0.05, 0) is 43.1 Å². The van der Waals surface area contributed by atoms with Gasteiger partial charge in [0.25, 0.3) is 0 Å². The molecule has 0 aromatic heterocycles. The van der Waals surface area contributed by atoms with Crippen molar-refractivity contribution in [2.75, 3.05) is 0 Å². The molecule has 0 aliphatic heterocycles. The lowest BCUT2D eigenvalue weighted by Gasteiger charge is -2.65. The molecule has 0 aromatic carbocycles. The number of esters is 1. The highest BCUT2D eigenvalue weighted by atomic mass is 16.5. The summed E-state index contributed by atoms with van der Waals surface area (Å²) < 4.78 is 5.59. The van der Waals surface area contributed by atoms with E-state index in [1.54, 1.807) is 0 Å². The third-order valence-corrected chi connectivity index (χ3v) is 6.25. The molecule has 0 N–H and O–H groups in total. The van der Waals surface area contributed by atoms with Crippen LogP contribution in [0.5, 0.6) is 0 Å². The molecule has 3 nitrogen and oxygen atoms in total. The number of hydrogen-bond donors (Lipinski definition) is 0. The Morgan fingerprint density at radius 2 is 1.95 bits per heavy atom. The maximum Gasteiger partial charge on any atom is 0.302 e. The first-order valence-electron chi connectivity index (χ1n) is 7.59. The topological polar surface area (TPSA) is 43.4 Å². The molecular formula is C17H24O3. The minimum Gasteiger partial charge on any atom is -0.462 e. The number of ketones is 1. The maximum absolute atomic E-state index is 12.4. The molecule has 0 heterocycles. The standard InChI is InChI=1S/C17H24O3/c1-9-8-11(19)14-15-13(9)17(14,5)7-6-12(16(15,3)4)20-10(2)18/h8,12-15H,6-7H2,1-5H3/t12-,13-,14+,15?,17+/m0/s1. The summed E-state index contributed by atoms with van der Waals surface area (Å²) >= 11 is 0. The van der Waals surface area contributed by atoms with E-state index in [0.29, 0.717) is 11.8 Å². The summed E-state index contributed by atoms with van der Waals surface area (Å²) in [6.07, 6.45) is 3.61. The molecular weight excluding hydrogens is 252 g/mol. The fraction of sp³-hybridized carbons (Fsp3) is 0.765. The molecule has 4 bridgehead atoms. The first-order valence-corrected chi connectivity index (χ1v) is 7.59. The fourth-order valence-electron chi connectivity index (χ4n) is 5.41. The van der Waals surface area contributed by atoms with Crippen molar-refractivity contribution in [3.8, 4) is 0 Å². The second-order valence-corrected chi connectivity index (χ2v) is 7.74. The van der Waals surface area contributed by atoms with E-state index in [0.717, 1.165) is 12.8 Å². The van der Waals surface area contributed by atoms with Crippen LogP contribution in [0.15, 0.2) is 11.6 Å². The van der Waals surface area contributed by atoms with Crippen molar-refractivity contribution in [3.05, 3.63) is 11.6 Å². The normalized spacial score (nSPS) is 45.0. The molecule has 4 rings (SSSR count). The predicted molar refractivity (Wildman–Crippen MR) is 75.9 cm³/mol. The maximum atomic E-state index is 12.4. The number of hydrogen-bond acceptors (Lipinski definition) is 3. The summed E-state index contributed by atoms with van der Waals surface area (Å²) in [6, 6.07) is 0. The van der Waals surface area contributed by atoms with Crippen molar-refractivity contribution >= 4 is 11.8 Å². The molecule has 0 saturated heterocycles. The molecule has 0 spiro atoms. The average Bonchev–Trinajstić information content (AvgIpc) is 2.42. The number of carbonyl (C=O) groups is 2. The van der Waals surface area contributed by atoms with E-state index in [4.69, 9.17) is 4.74 Å². The Kier molecular flexibility index (Phi) is 2.74. The molecule has 0 radical (unpaired) electrons. The van der Waals surface area contributed by atoms with Gasteiger partial charge in [0, 0.05) is 18.3 Å². The number of ether oxygens (including phenoxy) is 1. The van der Waals surface area contributed by atoms with E-state index in [2.05, 4.69) is 27.7 Å². The molecule has 110 valence electrons. The number of allylic oxidation sites excluding steroid dienone is 2. The summed E-state index contributed by atoms with van der Waals surface area (Å²) in [6.45, 7) is 10.2. The van der Waals surface area contributed by atoms with Crippen LogP contribution in [0.4, 0.5) is 0 Å². The van der Waals surface area contributed by atoms with Crippen molar-refractivity contribution in [2.45, 2.75) is 53.6 Å². The summed E-state index contributed by atoms with van der Waals surface area (Å²) in [5.74, 6) is 0.981. The van der Waals surface area contributed by atoms with Crippen molar-refractivity contribution in [1.82, 2.24) is 0 Å². The van der Waals surface area contributed by atoms with E-state index in [-0.39, 0.29) is 34.6 Å². The van der Waals surface area contributed by atoms with E-state index in [9.17, 15) is 9.59 Å². The average molecular weight is 276 g/mol. The molecule has 0 amide bonds. The monoisotopic (exact) mass is 276 g/mol. The minimum absolute atomic E-state index is 0.0713. The molecule has 3 fully saturated rings. The molecule has 3 heteroatoms. The van der Waals surface area contributed by atoms with Gasteiger partial charge >= 0.3 is 5.97 Å². The van der Waals surface area contributed by atoms with Crippen LogP contribution in [0.1, 0.15) is 47.5 Å². The molecule has 1 unspecified atom stereocenters. The number of carbonyl (C=O) groups excluding carboxylic acids is 2. The van der Waals surface area contributed by atoms with Crippen molar-refractivity contribution < 1.29 is 14.3 Å². The zero-order chi connectivity index (χ0) is 14.9. The van der Waals surface area contributed by atoms with Crippen LogP contribution in [-0.2, 0) is 14.3 Å². The van der Waals surface area contributed by atoms with Gasteiger partial charge < -0.3 is 4.74 Å². The lowest BCUT2D eigenvalue weighted by Crippen LogP contribution is -2.64. The minimum atomic E-state index is -0.212. The van der Waals surface area contributed by atoms with E-state index >= 15 is 0 Å². The van der Waals surface area contributed by atoms with Gasteiger partial charge in [-0.1, -0.05) is 26.3 Å². The molecule has 5 atom stereocenters. The van der Waals surface area contributed by atoms with Gasteiger partial charge in [0.1, 0.15) is 6.10 Å². The van der Waals surface area contributed by atoms with Crippen LogP contribution in [0.25, 0.3) is 0 Å². The Hall–Kier alpha value is -1.12. The molecule has 4 aliphatic carbocycles. The van der Waals surface area contributed by atoms with Gasteiger partial charge in [-0.15, -0.1) is 0 Å². The second-order valence-electron chi connectivity index (χ2n) is 7.74. The van der Waals surface area contributed by atoms with Gasteiger partial charge in [-0.2, -0.15) is 0 Å². The molecule has 4 aliphatic rings. The van der Waals surface area contributed by atoms with Crippen LogP contribution in [0.2, 0.25) is 0 Å². The van der Waals surface area contributed by atoms with Crippen molar-refractivity contribution in [1.29, 1.82) is 0 Å². The predicted octanol–water partition coefficient (Wildman–Crippen LogP) is 3.14. The Bertz CT molecular complexity index is 516. The summed E-state index contributed by atoms with van der Waals surface area (Å²) in [7, 11) is 0. The van der Waals surface area contributed by atoms with Crippen LogP contribution in [0.3, 0.4) is 0 Å². The van der Waals surface area contributed by atoms with Crippen LogP contribution in [-0.4, -0.2) is 17.9 Å². The Labute approximate surface area is 120 Å². The zero-order valence-electron chi connectivity index (χ0n) is 13.0. The third-order valence-electron chi connectivity index (χ3n) is 6.25. The van der Waals surface area contributed by atoms with Crippen LogP contribution in [0, 0.1) is 28.6 Å². The lowest BCUT2D eigenvalue weighted by atomic mass is 9.38. The summed E-state index contributed by atoms with van der Waals surface area (Å²) in [5, 5.41) is 0. The van der Waals surface area contributed by atoms with Crippen LogP contribution >= 0.6 is 0 Å². The van der Waals surface area contributed by atoms with E-state index in [1.165, 1.54) is 12.5 Å². The quantitative estimate of drug-likeness (QED) is 0.691. The summed E-state index contributed by atoms with van der Waals surface area (Å²) in [4.78, 5) is 23.8. The van der Waals surface area contributed by atoms with Gasteiger partial charge in [0.2, 0.25) is 0 Å². The van der Waals surface area contributed by atoms with Crippen LogP contribution < -0.4 is 0 Å². The Morgan fingerprint density at radius 1 is 1.30 bits per heavy atom. The van der Waals surface area contributed by atoms with Crippen molar-refractivity contribution in [3.63, 3.8) is 0 Å². The van der Waals surface area contributed by atoms with Gasteiger partial charge in [0.05, 0.1) is 0 Å². The fourth-order valence-corrected chi connectivity index (χ4v) is 5.41. The summed E-state index contributed by atoms with van der Waals surface area (Å²) in [5.41, 5.74) is 1.16. The largest absolute Gasteiger partial charge is 0.462 e. The number of fused-ring (bicyclic) bond motifs is 3. The molecule has 3 saturated carbocycles. The smallest absolute Gasteiger partial charge is 0.302 e. The van der Waals surface area contributed by atoms with E-state index in [1.807, 2.05) is 6.08 Å². The van der Waals surface area contributed by atoms with Gasteiger partial charge in [0.15, 0.2) is 5.78 Å². The Morgan fingerprint density at radius 3 is 2.50 bits per heavy atom. The van der Waals surface area contributed by atoms with Gasteiger partial charge in [-0.3, -0.25) is 9.59 Å². The number of rotatable bonds is 1.